The third-order valence-corrected chi connectivity index (χ3v) is 5.51. The third-order valence-electron chi connectivity index (χ3n) is 4.50. The van der Waals surface area contributed by atoms with Gasteiger partial charge < -0.3 is 20.7 Å². The Balaban J connectivity index is 0.00000364. The minimum absolute atomic E-state index is 0. The lowest BCUT2D eigenvalue weighted by Gasteiger charge is -2.36. The second-order valence-electron chi connectivity index (χ2n) is 6.35. The molecule has 8 heteroatoms. The molecule has 1 unspecified atom stereocenters. The Bertz CT molecular complexity index is 586. The molecule has 27 heavy (non-hydrogen) atoms. The topological polar surface area (TPSA) is 84.7 Å². The van der Waals surface area contributed by atoms with Crippen LogP contribution in [-0.4, -0.2) is 55.3 Å². The minimum Gasteiger partial charge on any atom is -0.497 e. The lowest BCUT2D eigenvalue weighted by molar-refractivity contribution is -0.135. The number of piperidine rings is 1. The molecule has 1 aliphatic heterocycles. The Hall–Kier alpha value is -1.44. The fraction of sp³-hybridized carbons (Fsp3) is 0.579. The van der Waals surface area contributed by atoms with E-state index in [9.17, 15) is 9.59 Å². The maximum absolute atomic E-state index is 12.6. The fourth-order valence-electron chi connectivity index (χ4n) is 3.06. The number of thioether (sulfide) groups is 1. The summed E-state index contributed by atoms with van der Waals surface area (Å²) in [4.78, 5) is 27.3. The Morgan fingerprint density at radius 3 is 2.67 bits per heavy atom. The number of carbonyl (C=O) groups is 2. The van der Waals surface area contributed by atoms with Crippen molar-refractivity contribution in [2.45, 2.75) is 43.0 Å². The zero-order chi connectivity index (χ0) is 18.8. The van der Waals surface area contributed by atoms with Gasteiger partial charge in [-0.05, 0) is 43.5 Å². The summed E-state index contributed by atoms with van der Waals surface area (Å²) >= 11 is 1.67. The van der Waals surface area contributed by atoms with Crippen molar-refractivity contribution in [2.75, 3.05) is 32.5 Å². The van der Waals surface area contributed by atoms with Gasteiger partial charge in [-0.15, -0.1) is 24.2 Å². The number of amides is 2. The summed E-state index contributed by atoms with van der Waals surface area (Å²) in [7, 11) is 1.65. The molecular weight excluding hydrogens is 386 g/mol. The molecule has 0 spiro atoms. The Morgan fingerprint density at radius 1 is 1.26 bits per heavy atom. The summed E-state index contributed by atoms with van der Waals surface area (Å²) < 4.78 is 5.15. The standard InChI is InChI=1S/C19H29N3O3S.ClH/c1-25-16-5-7-17(8-6-16)26-13-10-19(24)22-12-3-2-4-15(22)14-21-18(23)9-11-20;/h5-8,15H,2-4,9-14,20H2,1H3,(H,21,23);1H. The maximum atomic E-state index is 12.6. The van der Waals surface area contributed by atoms with Gasteiger partial charge in [-0.2, -0.15) is 0 Å². The van der Waals surface area contributed by atoms with Gasteiger partial charge in [0.15, 0.2) is 0 Å². The van der Waals surface area contributed by atoms with E-state index in [0.29, 0.717) is 25.9 Å². The summed E-state index contributed by atoms with van der Waals surface area (Å²) in [6, 6.07) is 7.96. The van der Waals surface area contributed by atoms with E-state index in [-0.39, 0.29) is 30.3 Å². The summed E-state index contributed by atoms with van der Waals surface area (Å²) in [6.07, 6.45) is 3.91. The van der Waals surface area contributed by atoms with Crippen LogP contribution in [-0.2, 0) is 9.59 Å². The molecule has 152 valence electrons. The summed E-state index contributed by atoms with van der Waals surface area (Å²) in [5.41, 5.74) is 5.40. The molecule has 0 saturated carbocycles. The second kappa shape index (κ2) is 12.9. The molecule has 0 radical (unpaired) electrons. The van der Waals surface area contributed by atoms with E-state index in [1.54, 1.807) is 18.9 Å². The Morgan fingerprint density at radius 2 is 2.00 bits per heavy atom. The summed E-state index contributed by atoms with van der Waals surface area (Å²) in [6.45, 7) is 1.65. The monoisotopic (exact) mass is 415 g/mol. The van der Waals surface area contributed by atoms with Gasteiger partial charge >= 0.3 is 0 Å². The zero-order valence-electron chi connectivity index (χ0n) is 15.8. The van der Waals surface area contributed by atoms with Crippen molar-refractivity contribution in [3.63, 3.8) is 0 Å². The van der Waals surface area contributed by atoms with Crippen LogP contribution in [0.1, 0.15) is 32.1 Å². The van der Waals surface area contributed by atoms with Crippen LogP contribution < -0.4 is 15.8 Å². The van der Waals surface area contributed by atoms with Crippen molar-refractivity contribution in [2.24, 2.45) is 5.73 Å². The SMILES string of the molecule is COc1ccc(SCCC(=O)N2CCCCC2CNC(=O)CCN)cc1.Cl. The number of nitrogens with zero attached hydrogens (tertiary/aromatic N) is 1. The van der Waals surface area contributed by atoms with Gasteiger partial charge in [0.05, 0.1) is 7.11 Å². The highest BCUT2D eigenvalue weighted by Crippen LogP contribution is 2.23. The molecular formula is C19H30ClN3O3S. The number of benzene rings is 1. The molecule has 3 N–H and O–H groups in total. The van der Waals surface area contributed by atoms with Crippen LogP contribution in [0.2, 0.25) is 0 Å². The van der Waals surface area contributed by atoms with Crippen LogP contribution in [0.25, 0.3) is 0 Å². The highest BCUT2D eigenvalue weighted by atomic mass is 35.5. The number of hydrogen-bond donors (Lipinski definition) is 2. The lowest BCUT2D eigenvalue weighted by atomic mass is 10.0. The highest BCUT2D eigenvalue weighted by Gasteiger charge is 2.26. The number of halogens is 1. The molecule has 6 nitrogen and oxygen atoms in total. The third kappa shape index (κ3) is 7.99. The number of ether oxygens (including phenoxy) is 1. The van der Waals surface area contributed by atoms with Crippen molar-refractivity contribution in [1.82, 2.24) is 10.2 Å². The van der Waals surface area contributed by atoms with Crippen molar-refractivity contribution >= 4 is 36.0 Å². The van der Waals surface area contributed by atoms with Crippen LogP contribution in [0.15, 0.2) is 29.2 Å². The predicted octanol–water partition coefficient (Wildman–Crippen LogP) is 2.45. The van der Waals surface area contributed by atoms with E-state index < -0.39 is 0 Å². The van der Waals surface area contributed by atoms with Gasteiger partial charge in [0, 0.05) is 49.2 Å². The number of nitrogens with two attached hydrogens (primary N) is 1. The molecule has 1 saturated heterocycles. The molecule has 0 bridgehead atoms. The van der Waals surface area contributed by atoms with Crippen LogP contribution in [0.5, 0.6) is 5.75 Å². The second-order valence-corrected chi connectivity index (χ2v) is 7.52. The van der Waals surface area contributed by atoms with E-state index in [2.05, 4.69) is 5.32 Å². The molecule has 1 aromatic carbocycles. The maximum Gasteiger partial charge on any atom is 0.223 e. The minimum atomic E-state index is -0.0412. The number of rotatable bonds is 9. The number of likely N-dealkylation sites (tertiary alicyclic amines) is 1. The van der Waals surface area contributed by atoms with Gasteiger partial charge in [-0.1, -0.05) is 0 Å². The van der Waals surface area contributed by atoms with E-state index in [4.69, 9.17) is 10.5 Å². The van der Waals surface area contributed by atoms with Gasteiger partial charge in [0.2, 0.25) is 11.8 Å². The Kier molecular flexibility index (Phi) is 11.2. The molecule has 1 aliphatic rings. The molecule has 1 heterocycles. The van der Waals surface area contributed by atoms with Gasteiger partial charge in [-0.3, -0.25) is 9.59 Å². The van der Waals surface area contributed by atoms with Gasteiger partial charge in [0.1, 0.15) is 5.75 Å². The zero-order valence-corrected chi connectivity index (χ0v) is 17.4. The fourth-order valence-corrected chi connectivity index (χ4v) is 3.90. The average molecular weight is 416 g/mol. The number of hydrogen-bond acceptors (Lipinski definition) is 5. The largest absolute Gasteiger partial charge is 0.497 e. The van der Waals surface area contributed by atoms with Crippen molar-refractivity contribution in [3.05, 3.63) is 24.3 Å². The van der Waals surface area contributed by atoms with Crippen LogP contribution in [0.3, 0.4) is 0 Å². The first kappa shape index (κ1) is 23.6. The normalized spacial score (nSPS) is 16.4. The molecule has 0 aliphatic carbocycles. The Labute approximate surface area is 172 Å². The summed E-state index contributed by atoms with van der Waals surface area (Å²) in [5.74, 6) is 1.70. The lowest BCUT2D eigenvalue weighted by Crippen LogP contribution is -2.49. The van der Waals surface area contributed by atoms with Crippen LogP contribution in [0, 0.1) is 0 Å². The van der Waals surface area contributed by atoms with Crippen molar-refractivity contribution in [3.8, 4) is 5.75 Å². The first-order valence-electron chi connectivity index (χ1n) is 9.17. The molecule has 1 fully saturated rings. The number of nitrogens with one attached hydrogen (secondary N) is 1. The van der Waals surface area contributed by atoms with E-state index in [0.717, 1.165) is 42.2 Å². The van der Waals surface area contributed by atoms with Crippen molar-refractivity contribution < 1.29 is 14.3 Å². The molecule has 0 aromatic heterocycles. The van der Waals surface area contributed by atoms with E-state index >= 15 is 0 Å². The first-order valence-corrected chi connectivity index (χ1v) is 10.2. The number of carbonyl (C=O) groups excluding carboxylic acids is 2. The van der Waals surface area contributed by atoms with E-state index in [1.807, 2.05) is 29.2 Å². The quantitative estimate of drug-likeness (QED) is 0.605. The molecule has 2 amide bonds. The smallest absolute Gasteiger partial charge is 0.223 e. The number of methoxy groups -OCH3 is 1. The van der Waals surface area contributed by atoms with Crippen LogP contribution >= 0.6 is 24.2 Å². The molecule has 2 rings (SSSR count). The molecule has 1 aromatic rings. The predicted molar refractivity (Wildman–Crippen MR) is 112 cm³/mol. The van der Waals surface area contributed by atoms with Crippen LogP contribution in [0.4, 0.5) is 0 Å². The highest BCUT2D eigenvalue weighted by molar-refractivity contribution is 7.99. The van der Waals surface area contributed by atoms with Gasteiger partial charge in [0.25, 0.3) is 0 Å². The first-order chi connectivity index (χ1) is 12.6. The summed E-state index contributed by atoms with van der Waals surface area (Å²) in [5, 5.41) is 2.90. The average Bonchev–Trinajstić information content (AvgIpc) is 2.67. The van der Waals surface area contributed by atoms with Crippen molar-refractivity contribution in [1.29, 1.82) is 0 Å². The molecule has 1 atom stereocenters. The van der Waals surface area contributed by atoms with E-state index in [1.165, 1.54) is 0 Å². The van der Waals surface area contributed by atoms with Gasteiger partial charge in [-0.25, -0.2) is 0 Å².